The van der Waals surface area contributed by atoms with E-state index >= 15 is 0 Å². The van der Waals surface area contributed by atoms with Gasteiger partial charge in [0.25, 0.3) is 0 Å². The molecule has 9 heteroatoms. The Morgan fingerprint density at radius 1 is 1.24 bits per heavy atom. The molecule has 0 spiro atoms. The summed E-state index contributed by atoms with van der Waals surface area (Å²) in [6, 6.07) is 0. The summed E-state index contributed by atoms with van der Waals surface area (Å²) in [7, 11) is -5.66. The number of rotatable bonds is 5. The van der Waals surface area contributed by atoms with Crippen molar-refractivity contribution in [2.75, 3.05) is 19.4 Å². The Morgan fingerprint density at radius 3 is 2.52 bits per heavy atom. The van der Waals surface area contributed by atoms with Crippen molar-refractivity contribution in [1.82, 2.24) is 4.72 Å². The van der Waals surface area contributed by atoms with E-state index in [2.05, 4.69) is 9.46 Å². The Labute approximate surface area is 125 Å². The van der Waals surface area contributed by atoms with Crippen LogP contribution in [0.4, 0.5) is 0 Å². The Kier molecular flexibility index (Phi) is 4.94. The maximum Gasteiger partial charge on any atom is 0.310 e. The first-order chi connectivity index (χ1) is 9.78. The summed E-state index contributed by atoms with van der Waals surface area (Å²) in [5.74, 6) is -1.06. The van der Waals surface area contributed by atoms with Gasteiger partial charge in [0.15, 0.2) is 9.84 Å². The second kappa shape index (κ2) is 6.21. The van der Waals surface area contributed by atoms with Crippen LogP contribution in [0.1, 0.15) is 32.1 Å². The van der Waals surface area contributed by atoms with Crippen LogP contribution in [0.15, 0.2) is 0 Å². The van der Waals surface area contributed by atoms with Gasteiger partial charge in [0.2, 0.25) is 10.0 Å². The lowest BCUT2D eigenvalue weighted by atomic mass is 10.1. The fraction of sp³-hybridized carbons (Fsp3) is 0.917. The highest BCUT2D eigenvalue weighted by Crippen LogP contribution is 2.32. The summed E-state index contributed by atoms with van der Waals surface area (Å²) in [5.41, 5.74) is 0. The number of hydrogen-bond acceptors (Lipinski definition) is 6. The van der Waals surface area contributed by atoms with E-state index in [4.69, 9.17) is 0 Å². The van der Waals surface area contributed by atoms with Crippen LogP contribution in [0, 0.1) is 5.92 Å². The van der Waals surface area contributed by atoms with Crippen molar-refractivity contribution in [1.29, 1.82) is 0 Å². The summed E-state index contributed by atoms with van der Waals surface area (Å²) in [6.07, 6.45) is 2.58. The Bertz CT molecular complexity index is 597. The summed E-state index contributed by atoms with van der Waals surface area (Å²) in [5, 5.41) is -1.47. The second-order valence-corrected chi connectivity index (χ2v) is 10.0. The minimum Gasteiger partial charge on any atom is -0.469 e. The van der Waals surface area contributed by atoms with Crippen molar-refractivity contribution >= 4 is 25.8 Å². The van der Waals surface area contributed by atoms with Crippen molar-refractivity contribution in [3.05, 3.63) is 0 Å². The molecule has 0 aromatic rings. The van der Waals surface area contributed by atoms with Crippen molar-refractivity contribution in [2.45, 2.75) is 42.6 Å². The molecule has 1 heterocycles. The summed E-state index contributed by atoms with van der Waals surface area (Å²) < 4.78 is 55.1. The first kappa shape index (κ1) is 16.7. The van der Waals surface area contributed by atoms with Crippen LogP contribution in [0.3, 0.4) is 0 Å². The van der Waals surface area contributed by atoms with Gasteiger partial charge >= 0.3 is 5.97 Å². The third-order valence-corrected chi connectivity index (χ3v) is 8.54. The van der Waals surface area contributed by atoms with Gasteiger partial charge in [-0.15, -0.1) is 0 Å². The fourth-order valence-corrected chi connectivity index (χ4v) is 6.80. The first-order valence-electron chi connectivity index (χ1n) is 7.06. The molecule has 0 bridgehead atoms. The Morgan fingerprint density at radius 2 is 1.95 bits per heavy atom. The van der Waals surface area contributed by atoms with Gasteiger partial charge in [-0.25, -0.2) is 21.6 Å². The van der Waals surface area contributed by atoms with Gasteiger partial charge in [-0.05, 0) is 25.7 Å². The van der Waals surface area contributed by atoms with Gasteiger partial charge in [0.1, 0.15) is 0 Å². The molecule has 21 heavy (non-hydrogen) atoms. The molecule has 0 aromatic carbocycles. The molecule has 1 aliphatic carbocycles. The SMILES string of the molecule is COC(=O)C1CCCC1S(=O)(=O)NCC1CCCS1(=O)=O. The minimum absolute atomic E-state index is 0.102. The molecular formula is C12H21NO6S2. The summed E-state index contributed by atoms with van der Waals surface area (Å²) in [6.45, 7) is -0.102. The van der Waals surface area contributed by atoms with E-state index < -0.39 is 42.2 Å². The lowest BCUT2D eigenvalue weighted by Crippen LogP contribution is -2.43. The molecule has 1 saturated heterocycles. The predicted octanol–water partition coefficient (Wildman–Crippen LogP) is -0.175. The van der Waals surface area contributed by atoms with Gasteiger partial charge < -0.3 is 4.74 Å². The zero-order valence-corrected chi connectivity index (χ0v) is 13.6. The zero-order valence-electron chi connectivity index (χ0n) is 11.9. The Hall–Kier alpha value is -0.670. The monoisotopic (exact) mass is 339 g/mol. The highest BCUT2D eigenvalue weighted by molar-refractivity contribution is 7.92. The molecule has 1 N–H and O–H groups in total. The van der Waals surface area contributed by atoms with Crippen LogP contribution in [-0.2, 0) is 29.4 Å². The molecule has 7 nitrogen and oxygen atoms in total. The van der Waals surface area contributed by atoms with Crippen LogP contribution in [0.2, 0.25) is 0 Å². The molecule has 0 radical (unpaired) electrons. The maximum absolute atomic E-state index is 12.3. The largest absolute Gasteiger partial charge is 0.469 e. The van der Waals surface area contributed by atoms with Crippen LogP contribution in [0.25, 0.3) is 0 Å². The molecule has 3 unspecified atom stereocenters. The molecule has 2 fully saturated rings. The average Bonchev–Trinajstić information content (AvgIpc) is 3.02. The summed E-state index contributed by atoms with van der Waals surface area (Å²) >= 11 is 0. The van der Waals surface area contributed by atoms with E-state index in [1.54, 1.807) is 0 Å². The van der Waals surface area contributed by atoms with Gasteiger partial charge in [0, 0.05) is 6.54 Å². The number of sulfonamides is 1. The standard InChI is InChI=1S/C12H21NO6S2/c1-19-12(14)10-5-2-6-11(10)21(17,18)13-8-9-4-3-7-20(9,15)16/h9-11,13H,2-8H2,1H3. The van der Waals surface area contributed by atoms with Gasteiger partial charge in [-0.1, -0.05) is 6.42 Å². The minimum atomic E-state index is -3.72. The number of nitrogens with one attached hydrogen (secondary N) is 1. The molecule has 1 saturated carbocycles. The highest BCUT2D eigenvalue weighted by atomic mass is 32.2. The topological polar surface area (TPSA) is 107 Å². The van der Waals surface area contributed by atoms with E-state index in [0.717, 1.165) is 0 Å². The molecule has 1 aliphatic heterocycles. The van der Waals surface area contributed by atoms with Crippen molar-refractivity contribution in [3.8, 4) is 0 Å². The first-order valence-corrected chi connectivity index (χ1v) is 10.3. The molecule has 122 valence electrons. The zero-order chi connectivity index (χ0) is 15.7. The maximum atomic E-state index is 12.3. The highest BCUT2D eigenvalue weighted by Gasteiger charge is 2.43. The smallest absolute Gasteiger partial charge is 0.310 e. The van der Waals surface area contributed by atoms with E-state index in [1.807, 2.05) is 0 Å². The van der Waals surface area contributed by atoms with Crippen molar-refractivity contribution < 1.29 is 26.4 Å². The number of carbonyl (C=O) groups is 1. The fourth-order valence-electron chi connectivity index (χ4n) is 3.12. The van der Waals surface area contributed by atoms with Crippen molar-refractivity contribution in [3.63, 3.8) is 0 Å². The number of esters is 1. The third kappa shape index (κ3) is 3.57. The van der Waals surface area contributed by atoms with Gasteiger partial charge in [0.05, 0.1) is 29.3 Å². The second-order valence-electron chi connectivity index (χ2n) is 5.62. The normalized spacial score (nSPS) is 32.1. The van der Waals surface area contributed by atoms with E-state index in [0.29, 0.717) is 32.1 Å². The van der Waals surface area contributed by atoms with E-state index in [9.17, 15) is 21.6 Å². The molecule has 2 rings (SSSR count). The van der Waals surface area contributed by atoms with Crippen LogP contribution in [-0.4, -0.2) is 52.7 Å². The van der Waals surface area contributed by atoms with Crippen LogP contribution < -0.4 is 4.72 Å². The molecule has 2 aliphatic rings. The van der Waals surface area contributed by atoms with Crippen LogP contribution in [0.5, 0.6) is 0 Å². The lowest BCUT2D eigenvalue weighted by Gasteiger charge is -2.19. The lowest BCUT2D eigenvalue weighted by molar-refractivity contribution is -0.145. The molecule has 0 amide bonds. The number of ether oxygens (including phenoxy) is 1. The third-order valence-electron chi connectivity index (χ3n) is 4.33. The summed E-state index contributed by atoms with van der Waals surface area (Å²) in [4.78, 5) is 11.6. The van der Waals surface area contributed by atoms with Gasteiger partial charge in [-0.2, -0.15) is 0 Å². The average molecular weight is 339 g/mol. The van der Waals surface area contributed by atoms with E-state index in [1.165, 1.54) is 7.11 Å². The molecular weight excluding hydrogens is 318 g/mol. The molecule has 3 atom stereocenters. The number of sulfone groups is 1. The quantitative estimate of drug-likeness (QED) is 0.697. The number of carbonyl (C=O) groups excluding carboxylic acids is 1. The molecule has 0 aromatic heterocycles. The van der Waals surface area contributed by atoms with Crippen LogP contribution >= 0.6 is 0 Å². The predicted molar refractivity (Wildman–Crippen MR) is 76.9 cm³/mol. The Balaban J connectivity index is 2.03. The van der Waals surface area contributed by atoms with E-state index in [-0.39, 0.29) is 12.3 Å². The number of methoxy groups -OCH3 is 1. The number of hydrogen-bond donors (Lipinski definition) is 1. The van der Waals surface area contributed by atoms with Gasteiger partial charge in [-0.3, -0.25) is 4.79 Å². The van der Waals surface area contributed by atoms with Crippen molar-refractivity contribution in [2.24, 2.45) is 5.92 Å².